The van der Waals surface area contributed by atoms with E-state index in [2.05, 4.69) is 31.1 Å². The molecule has 0 heterocycles. The topological polar surface area (TPSA) is 52.6 Å². The molecule has 4 aliphatic carbocycles. The van der Waals surface area contributed by atoms with Crippen LogP contribution in [-0.2, 0) is 19.1 Å². The molecule has 150 valence electrons. The molecule has 0 amide bonds. The Morgan fingerprint density at radius 2 is 1.93 bits per heavy atom. The van der Waals surface area contributed by atoms with E-state index in [1.165, 1.54) is 19.4 Å². The first-order valence-electron chi connectivity index (χ1n) is 10.5. The normalized spacial score (nSPS) is 43.6. The van der Waals surface area contributed by atoms with Crippen LogP contribution in [0.25, 0.3) is 0 Å². The molecule has 0 spiro atoms. The van der Waals surface area contributed by atoms with Crippen molar-refractivity contribution in [1.82, 2.24) is 0 Å². The number of hydrogen-bond donors (Lipinski definition) is 0. The predicted molar refractivity (Wildman–Crippen MR) is 106 cm³/mol. The molecule has 0 aromatic carbocycles. The van der Waals surface area contributed by atoms with Crippen LogP contribution in [0.3, 0.4) is 0 Å². The van der Waals surface area contributed by atoms with Crippen molar-refractivity contribution in [1.29, 1.82) is 0 Å². The van der Waals surface area contributed by atoms with Gasteiger partial charge in [0, 0.05) is 19.3 Å². The molecule has 4 heteroatoms. The highest BCUT2D eigenvalue weighted by Gasteiger charge is 2.63. The molecule has 0 aromatic heterocycles. The molecule has 7 atom stereocenters. The van der Waals surface area contributed by atoms with Gasteiger partial charge in [-0.3, -0.25) is 9.59 Å². The minimum atomic E-state index is -0.772. The number of rotatable bonds is 2. The summed E-state index contributed by atoms with van der Waals surface area (Å²) in [7, 11) is 0. The van der Waals surface area contributed by atoms with Crippen LogP contribution in [0.4, 0.5) is 0 Å². The van der Waals surface area contributed by atoms with Gasteiger partial charge in [-0.2, -0.15) is 0 Å². The summed E-state index contributed by atoms with van der Waals surface area (Å²) in [6.45, 7) is 5.17. The standard InChI is InChI=1S/C24H30O4/c1-5-24(28-16(3)26)13-11-22-21-8-6-17-14-18(27-15(2)25)7-9-19(17)20(21)10-12-23(22,24)4/h1,6,8,14,18-22H,7,9-13H2,2-4H3/t18-,19-,20+,21+,22-,23-,24-/m0/s1. The third-order valence-electron chi connectivity index (χ3n) is 7.97. The van der Waals surface area contributed by atoms with Crippen molar-refractivity contribution in [2.75, 3.05) is 0 Å². The molecule has 2 fully saturated rings. The summed E-state index contributed by atoms with van der Waals surface area (Å²) >= 11 is 0. The highest BCUT2D eigenvalue weighted by Crippen LogP contribution is 2.64. The van der Waals surface area contributed by atoms with Crippen molar-refractivity contribution in [2.45, 2.75) is 71.0 Å². The molecule has 4 rings (SSSR count). The summed E-state index contributed by atoms with van der Waals surface area (Å²) in [4.78, 5) is 23.1. The van der Waals surface area contributed by atoms with Crippen LogP contribution in [0.15, 0.2) is 23.8 Å². The van der Waals surface area contributed by atoms with E-state index in [1.807, 2.05) is 0 Å². The maximum Gasteiger partial charge on any atom is 0.304 e. The molecule has 28 heavy (non-hydrogen) atoms. The molecule has 4 nitrogen and oxygen atoms in total. The average molecular weight is 383 g/mol. The number of allylic oxidation sites excluding steroid dienone is 3. The lowest BCUT2D eigenvalue weighted by atomic mass is 9.52. The largest absolute Gasteiger partial charge is 0.458 e. The van der Waals surface area contributed by atoms with Gasteiger partial charge in [0.2, 0.25) is 0 Å². The van der Waals surface area contributed by atoms with E-state index in [9.17, 15) is 9.59 Å². The fourth-order valence-electron chi connectivity index (χ4n) is 6.75. The molecule has 2 saturated carbocycles. The van der Waals surface area contributed by atoms with Gasteiger partial charge in [-0.15, -0.1) is 6.42 Å². The molecule has 0 aliphatic heterocycles. The van der Waals surface area contributed by atoms with Gasteiger partial charge in [0.15, 0.2) is 5.60 Å². The number of esters is 2. The zero-order valence-electron chi connectivity index (χ0n) is 17.1. The van der Waals surface area contributed by atoms with E-state index < -0.39 is 5.60 Å². The number of ether oxygens (including phenoxy) is 2. The Morgan fingerprint density at radius 3 is 2.61 bits per heavy atom. The van der Waals surface area contributed by atoms with Crippen molar-refractivity contribution in [2.24, 2.45) is 29.1 Å². The Labute approximate surface area is 167 Å². The SMILES string of the molecule is C#C[C@]1(OC(C)=O)CC[C@H]2[C@@H]3C=CC4=C[C@@H](OC(C)=O)CC[C@@H]4[C@H]3CC[C@@]21C. The van der Waals surface area contributed by atoms with Crippen molar-refractivity contribution >= 4 is 11.9 Å². The van der Waals surface area contributed by atoms with E-state index in [4.69, 9.17) is 15.9 Å². The smallest absolute Gasteiger partial charge is 0.304 e. The molecular weight excluding hydrogens is 352 g/mol. The summed E-state index contributed by atoms with van der Waals surface area (Å²) in [6.07, 6.45) is 18.4. The van der Waals surface area contributed by atoms with Gasteiger partial charge in [0.25, 0.3) is 0 Å². The molecule has 0 aromatic rings. The highest BCUT2D eigenvalue weighted by atomic mass is 16.6. The number of fused-ring (bicyclic) bond motifs is 5. The van der Waals surface area contributed by atoms with Crippen LogP contribution >= 0.6 is 0 Å². The zero-order valence-corrected chi connectivity index (χ0v) is 17.1. The molecular formula is C24H30O4. The Morgan fingerprint density at radius 1 is 1.14 bits per heavy atom. The van der Waals surface area contributed by atoms with Crippen LogP contribution in [-0.4, -0.2) is 23.6 Å². The Balaban J connectivity index is 1.62. The second kappa shape index (κ2) is 6.79. The number of hydrogen-bond acceptors (Lipinski definition) is 4. The van der Waals surface area contributed by atoms with E-state index in [0.717, 1.165) is 38.5 Å². The quantitative estimate of drug-likeness (QED) is 0.530. The maximum atomic E-state index is 11.8. The monoisotopic (exact) mass is 382 g/mol. The van der Waals surface area contributed by atoms with E-state index in [-0.39, 0.29) is 23.5 Å². The lowest BCUT2D eigenvalue weighted by Gasteiger charge is -2.53. The zero-order chi connectivity index (χ0) is 20.1. The van der Waals surface area contributed by atoms with Gasteiger partial charge >= 0.3 is 11.9 Å². The van der Waals surface area contributed by atoms with E-state index in [1.54, 1.807) is 0 Å². The second-order valence-corrected chi connectivity index (χ2v) is 9.27. The molecule has 0 radical (unpaired) electrons. The Hall–Kier alpha value is -2.02. The summed E-state index contributed by atoms with van der Waals surface area (Å²) < 4.78 is 11.2. The molecule has 4 aliphatic rings. The lowest BCUT2D eigenvalue weighted by molar-refractivity contribution is -0.166. The van der Waals surface area contributed by atoms with Crippen molar-refractivity contribution in [3.63, 3.8) is 0 Å². The fraction of sp³-hybridized carbons (Fsp3) is 0.667. The minimum absolute atomic E-state index is 0.0941. The Kier molecular flexibility index (Phi) is 4.68. The van der Waals surface area contributed by atoms with Crippen LogP contribution in [0.5, 0.6) is 0 Å². The number of carbonyl (C=O) groups excluding carboxylic acids is 2. The average Bonchev–Trinajstić information content (AvgIpc) is 2.93. The fourth-order valence-corrected chi connectivity index (χ4v) is 6.75. The molecule has 0 saturated heterocycles. The van der Waals surface area contributed by atoms with Crippen molar-refractivity contribution < 1.29 is 19.1 Å². The van der Waals surface area contributed by atoms with Gasteiger partial charge in [-0.05, 0) is 73.8 Å². The van der Waals surface area contributed by atoms with Gasteiger partial charge in [-0.25, -0.2) is 0 Å². The molecule has 0 unspecified atom stereocenters. The third-order valence-corrected chi connectivity index (χ3v) is 7.97. The van der Waals surface area contributed by atoms with Crippen LogP contribution in [0, 0.1) is 41.4 Å². The first-order chi connectivity index (χ1) is 13.3. The van der Waals surface area contributed by atoms with Gasteiger partial charge in [0.05, 0.1) is 0 Å². The van der Waals surface area contributed by atoms with Crippen LogP contribution in [0.2, 0.25) is 0 Å². The predicted octanol–water partition coefficient (Wildman–Crippen LogP) is 4.20. The van der Waals surface area contributed by atoms with E-state index in [0.29, 0.717) is 23.7 Å². The number of carbonyl (C=O) groups is 2. The van der Waals surface area contributed by atoms with Gasteiger partial charge < -0.3 is 9.47 Å². The van der Waals surface area contributed by atoms with Gasteiger partial charge in [-0.1, -0.05) is 25.0 Å². The first kappa shape index (κ1) is 19.3. The summed E-state index contributed by atoms with van der Waals surface area (Å²) in [5, 5.41) is 0. The summed E-state index contributed by atoms with van der Waals surface area (Å²) in [6, 6.07) is 0. The molecule has 0 N–H and O–H groups in total. The Bertz CT molecular complexity index is 787. The molecule has 0 bridgehead atoms. The highest BCUT2D eigenvalue weighted by molar-refractivity contribution is 5.67. The second-order valence-electron chi connectivity index (χ2n) is 9.27. The maximum absolute atomic E-state index is 11.8. The van der Waals surface area contributed by atoms with Gasteiger partial charge in [0.1, 0.15) is 6.10 Å². The first-order valence-corrected chi connectivity index (χ1v) is 10.5. The van der Waals surface area contributed by atoms with Crippen molar-refractivity contribution in [3.8, 4) is 12.3 Å². The van der Waals surface area contributed by atoms with E-state index >= 15 is 0 Å². The lowest BCUT2D eigenvalue weighted by Crippen LogP contribution is -2.53. The van der Waals surface area contributed by atoms with Crippen LogP contribution in [0.1, 0.15) is 59.3 Å². The minimum Gasteiger partial charge on any atom is -0.458 e. The number of terminal acetylenes is 1. The van der Waals surface area contributed by atoms with Crippen molar-refractivity contribution in [3.05, 3.63) is 23.8 Å². The van der Waals surface area contributed by atoms with Crippen LogP contribution < -0.4 is 0 Å². The summed E-state index contributed by atoms with van der Waals surface area (Å²) in [5.74, 6) is 4.43. The summed E-state index contributed by atoms with van der Waals surface area (Å²) in [5.41, 5.74) is 0.379. The third kappa shape index (κ3) is 2.82.